The van der Waals surface area contributed by atoms with Gasteiger partial charge in [-0.1, -0.05) is 19.8 Å². The molecule has 0 aromatic rings. The standard InChI is InChI=1S/C8H16NO2/c1-2-3-4-5-11-7-8(9)6-10/h8H,2-5,7,9H2,1H3/t8-/m0/s1. The lowest BCUT2D eigenvalue weighted by Crippen LogP contribution is -2.27. The van der Waals surface area contributed by atoms with Gasteiger partial charge >= 0.3 is 0 Å². The fourth-order valence-corrected chi connectivity index (χ4v) is 0.698. The van der Waals surface area contributed by atoms with E-state index < -0.39 is 6.04 Å². The van der Waals surface area contributed by atoms with Gasteiger partial charge in [-0.05, 0) is 6.42 Å². The van der Waals surface area contributed by atoms with Crippen LogP contribution in [0.15, 0.2) is 0 Å². The summed E-state index contributed by atoms with van der Waals surface area (Å²) in [5.41, 5.74) is 5.24. The Morgan fingerprint density at radius 1 is 1.55 bits per heavy atom. The molecular formula is C8H16NO2. The maximum absolute atomic E-state index is 9.89. The van der Waals surface area contributed by atoms with Crippen molar-refractivity contribution >= 4 is 6.29 Å². The second kappa shape index (κ2) is 7.69. The lowest BCUT2D eigenvalue weighted by Gasteiger charge is -2.04. The van der Waals surface area contributed by atoms with Crippen molar-refractivity contribution in [3.63, 3.8) is 0 Å². The summed E-state index contributed by atoms with van der Waals surface area (Å²) in [5.74, 6) is 0. The number of rotatable bonds is 7. The topological polar surface area (TPSA) is 52.3 Å². The molecule has 0 heterocycles. The Kier molecular flexibility index (Phi) is 7.41. The zero-order valence-corrected chi connectivity index (χ0v) is 7.01. The second-order valence-electron chi connectivity index (χ2n) is 2.51. The molecule has 3 nitrogen and oxygen atoms in total. The Bertz CT molecular complexity index is 96.1. The molecule has 0 fully saturated rings. The minimum Gasteiger partial charge on any atom is -0.379 e. The maximum atomic E-state index is 9.89. The van der Waals surface area contributed by atoms with Crippen molar-refractivity contribution in [2.75, 3.05) is 13.2 Å². The average molecular weight is 158 g/mol. The molecule has 0 saturated carbocycles. The molecular weight excluding hydrogens is 142 g/mol. The lowest BCUT2D eigenvalue weighted by atomic mass is 10.3. The molecule has 0 aliphatic heterocycles. The van der Waals surface area contributed by atoms with E-state index in [4.69, 9.17) is 10.5 Å². The molecule has 3 heteroatoms. The van der Waals surface area contributed by atoms with Gasteiger partial charge in [0.15, 0.2) is 0 Å². The Morgan fingerprint density at radius 2 is 2.27 bits per heavy atom. The molecule has 1 radical (unpaired) electrons. The fraction of sp³-hybridized carbons (Fsp3) is 0.875. The normalized spacial score (nSPS) is 12.9. The van der Waals surface area contributed by atoms with Gasteiger partial charge in [-0.2, -0.15) is 0 Å². The number of unbranched alkanes of at least 4 members (excludes halogenated alkanes) is 2. The first-order valence-electron chi connectivity index (χ1n) is 4.02. The van der Waals surface area contributed by atoms with Gasteiger partial charge in [-0.15, -0.1) is 0 Å². The Labute approximate surface area is 67.9 Å². The predicted molar refractivity (Wildman–Crippen MR) is 44.0 cm³/mol. The lowest BCUT2D eigenvalue weighted by molar-refractivity contribution is 0.128. The summed E-state index contributed by atoms with van der Waals surface area (Å²) in [6.45, 7) is 3.13. The molecule has 0 bridgehead atoms. The van der Waals surface area contributed by atoms with Gasteiger partial charge in [0, 0.05) is 6.61 Å². The molecule has 0 aromatic heterocycles. The first-order chi connectivity index (χ1) is 5.31. The number of carbonyl (C=O) groups excluding carboxylic acids is 1. The van der Waals surface area contributed by atoms with Crippen molar-refractivity contribution < 1.29 is 9.53 Å². The van der Waals surface area contributed by atoms with E-state index in [0.29, 0.717) is 13.2 Å². The highest BCUT2D eigenvalue weighted by Gasteiger charge is 1.99. The molecule has 0 rings (SSSR count). The van der Waals surface area contributed by atoms with Crippen LogP contribution in [0.25, 0.3) is 0 Å². The molecule has 0 aromatic carbocycles. The van der Waals surface area contributed by atoms with Crippen LogP contribution in [0.3, 0.4) is 0 Å². The van der Waals surface area contributed by atoms with Gasteiger partial charge in [0.1, 0.15) is 0 Å². The molecule has 1 atom stereocenters. The van der Waals surface area contributed by atoms with E-state index in [0.717, 1.165) is 6.42 Å². The largest absolute Gasteiger partial charge is 0.379 e. The van der Waals surface area contributed by atoms with Crippen LogP contribution in [0.5, 0.6) is 0 Å². The molecule has 0 spiro atoms. The Morgan fingerprint density at radius 3 is 2.82 bits per heavy atom. The van der Waals surface area contributed by atoms with Gasteiger partial charge in [0.05, 0.1) is 12.6 Å². The van der Waals surface area contributed by atoms with Gasteiger partial charge in [0.25, 0.3) is 0 Å². The predicted octanol–water partition coefficient (Wildman–Crippen LogP) is 0.630. The SMILES string of the molecule is CCCCCOC[C@@H](N)[C]=O. The number of ether oxygens (including phenoxy) is 1. The number of hydrogen-bond acceptors (Lipinski definition) is 3. The van der Waals surface area contributed by atoms with Crippen molar-refractivity contribution in [3.05, 3.63) is 0 Å². The first-order valence-corrected chi connectivity index (χ1v) is 4.02. The highest BCUT2D eigenvalue weighted by Crippen LogP contribution is 1.93. The second-order valence-corrected chi connectivity index (χ2v) is 2.51. The third-order valence-electron chi connectivity index (χ3n) is 1.34. The van der Waals surface area contributed by atoms with Crippen molar-refractivity contribution in [3.8, 4) is 0 Å². The molecule has 11 heavy (non-hydrogen) atoms. The molecule has 2 N–H and O–H groups in total. The minimum atomic E-state index is -0.573. The zero-order valence-electron chi connectivity index (χ0n) is 7.01. The van der Waals surface area contributed by atoms with Crippen LogP contribution in [-0.4, -0.2) is 25.5 Å². The van der Waals surface area contributed by atoms with E-state index in [-0.39, 0.29) is 0 Å². The smallest absolute Gasteiger partial charge is 0.219 e. The van der Waals surface area contributed by atoms with Gasteiger partial charge < -0.3 is 10.5 Å². The summed E-state index contributed by atoms with van der Waals surface area (Å²) in [6.07, 6.45) is 5.04. The fourth-order valence-electron chi connectivity index (χ4n) is 0.698. The van der Waals surface area contributed by atoms with Crippen molar-refractivity contribution in [1.82, 2.24) is 0 Å². The van der Waals surface area contributed by atoms with Crippen LogP contribution in [0.1, 0.15) is 26.2 Å². The Hall–Kier alpha value is -0.410. The van der Waals surface area contributed by atoms with E-state index in [2.05, 4.69) is 6.92 Å². The summed E-state index contributed by atoms with van der Waals surface area (Å²) in [6, 6.07) is -0.573. The van der Waals surface area contributed by atoms with Crippen LogP contribution >= 0.6 is 0 Å². The summed E-state index contributed by atoms with van der Waals surface area (Å²) < 4.78 is 5.10. The summed E-state index contributed by atoms with van der Waals surface area (Å²) in [7, 11) is 0. The summed E-state index contributed by atoms with van der Waals surface area (Å²) in [4.78, 5) is 9.89. The van der Waals surface area contributed by atoms with E-state index in [1.54, 1.807) is 6.29 Å². The molecule has 0 unspecified atom stereocenters. The van der Waals surface area contributed by atoms with E-state index >= 15 is 0 Å². The highest BCUT2D eigenvalue weighted by atomic mass is 16.5. The van der Waals surface area contributed by atoms with Crippen LogP contribution in [0.4, 0.5) is 0 Å². The average Bonchev–Trinajstić information content (AvgIpc) is 2.04. The quantitative estimate of drug-likeness (QED) is 0.553. The van der Waals surface area contributed by atoms with Crippen molar-refractivity contribution in [1.29, 1.82) is 0 Å². The van der Waals surface area contributed by atoms with E-state index in [1.807, 2.05) is 0 Å². The highest BCUT2D eigenvalue weighted by molar-refractivity contribution is 5.57. The molecule has 65 valence electrons. The van der Waals surface area contributed by atoms with E-state index in [9.17, 15) is 4.79 Å². The first kappa shape index (κ1) is 10.6. The van der Waals surface area contributed by atoms with E-state index in [1.165, 1.54) is 12.8 Å². The molecule has 0 aliphatic rings. The van der Waals surface area contributed by atoms with Crippen molar-refractivity contribution in [2.24, 2.45) is 5.73 Å². The van der Waals surface area contributed by atoms with Crippen LogP contribution in [-0.2, 0) is 9.53 Å². The molecule has 0 aliphatic carbocycles. The molecule has 0 amide bonds. The maximum Gasteiger partial charge on any atom is 0.219 e. The van der Waals surface area contributed by atoms with Gasteiger partial charge in [-0.25, -0.2) is 0 Å². The minimum absolute atomic E-state index is 0.299. The third-order valence-corrected chi connectivity index (χ3v) is 1.34. The van der Waals surface area contributed by atoms with Gasteiger partial charge in [-0.3, -0.25) is 4.79 Å². The van der Waals surface area contributed by atoms with Gasteiger partial charge in [0.2, 0.25) is 6.29 Å². The van der Waals surface area contributed by atoms with Crippen LogP contribution in [0, 0.1) is 0 Å². The number of nitrogens with two attached hydrogens (primary N) is 1. The Balaban J connectivity index is 2.95. The molecule has 0 saturated heterocycles. The third kappa shape index (κ3) is 7.49. The monoisotopic (exact) mass is 158 g/mol. The van der Waals surface area contributed by atoms with Crippen LogP contribution < -0.4 is 5.73 Å². The number of hydrogen-bond donors (Lipinski definition) is 1. The van der Waals surface area contributed by atoms with Crippen molar-refractivity contribution in [2.45, 2.75) is 32.2 Å². The zero-order chi connectivity index (χ0) is 8.53. The summed E-state index contributed by atoms with van der Waals surface area (Å²) in [5, 5.41) is 0. The summed E-state index contributed by atoms with van der Waals surface area (Å²) >= 11 is 0. The van der Waals surface area contributed by atoms with Crippen LogP contribution in [0.2, 0.25) is 0 Å².